The summed E-state index contributed by atoms with van der Waals surface area (Å²) in [5.41, 5.74) is 2.72. The van der Waals surface area contributed by atoms with Crippen LogP contribution in [0.3, 0.4) is 0 Å². The van der Waals surface area contributed by atoms with E-state index in [1.807, 2.05) is 73.1 Å². The minimum atomic E-state index is -1.34. The molecule has 3 aromatic rings. The summed E-state index contributed by atoms with van der Waals surface area (Å²) in [5.74, 6) is 2.30. The Hall–Kier alpha value is -2.90. The SMILES string of the molecule is CC1=C([S+]([O-])c2ccccc2)C(c2ccc3c(c2)OCO3)n2nc(C)cc2N1. The van der Waals surface area contributed by atoms with Gasteiger partial charge in [-0.2, -0.15) is 5.10 Å². The number of aryl methyl sites for hydroxylation is 1. The van der Waals surface area contributed by atoms with E-state index in [9.17, 15) is 4.55 Å². The molecular formula is C21H19N3O3S. The van der Waals surface area contributed by atoms with E-state index in [-0.39, 0.29) is 12.8 Å². The first-order chi connectivity index (χ1) is 13.6. The fourth-order valence-electron chi connectivity index (χ4n) is 3.66. The molecule has 2 unspecified atom stereocenters. The van der Waals surface area contributed by atoms with Gasteiger partial charge in [0.05, 0.1) is 11.4 Å². The molecule has 0 aliphatic carbocycles. The van der Waals surface area contributed by atoms with Crippen molar-refractivity contribution in [2.45, 2.75) is 24.8 Å². The molecule has 2 aliphatic rings. The summed E-state index contributed by atoms with van der Waals surface area (Å²) < 4.78 is 26.5. The molecule has 1 N–H and O–H groups in total. The van der Waals surface area contributed by atoms with Crippen LogP contribution in [-0.2, 0) is 11.2 Å². The van der Waals surface area contributed by atoms with Crippen LogP contribution in [0.15, 0.2) is 70.1 Å². The van der Waals surface area contributed by atoms with Gasteiger partial charge < -0.3 is 19.3 Å². The minimum absolute atomic E-state index is 0.217. The molecule has 3 heterocycles. The normalized spacial score (nSPS) is 18.6. The molecule has 0 spiro atoms. The van der Waals surface area contributed by atoms with Crippen molar-refractivity contribution < 1.29 is 14.0 Å². The number of hydrogen-bond donors (Lipinski definition) is 1. The van der Waals surface area contributed by atoms with Gasteiger partial charge in [-0.1, -0.05) is 24.3 Å². The summed E-state index contributed by atoms with van der Waals surface area (Å²) >= 11 is -1.34. The second-order valence-corrected chi connectivity index (χ2v) is 8.28. The fourth-order valence-corrected chi connectivity index (χ4v) is 5.09. The molecule has 6 nitrogen and oxygen atoms in total. The van der Waals surface area contributed by atoms with Crippen LogP contribution in [0.1, 0.15) is 24.2 Å². The highest BCUT2D eigenvalue weighted by molar-refractivity contribution is 7.95. The van der Waals surface area contributed by atoms with Crippen LogP contribution < -0.4 is 14.8 Å². The Labute approximate surface area is 166 Å². The lowest BCUT2D eigenvalue weighted by molar-refractivity contribution is 0.174. The largest absolute Gasteiger partial charge is 0.607 e. The number of hydrogen-bond acceptors (Lipinski definition) is 5. The van der Waals surface area contributed by atoms with E-state index in [4.69, 9.17) is 9.47 Å². The number of anilines is 1. The molecule has 2 aromatic carbocycles. The van der Waals surface area contributed by atoms with E-state index in [2.05, 4.69) is 10.4 Å². The highest BCUT2D eigenvalue weighted by Gasteiger charge is 2.38. The maximum atomic E-state index is 13.6. The third-order valence-electron chi connectivity index (χ3n) is 4.91. The van der Waals surface area contributed by atoms with Crippen LogP contribution in [0.5, 0.6) is 11.5 Å². The minimum Gasteiger partial charge on any atom is -0.607 e. The number of rotatable bonds is 3. The molecule has 2 atom stereocenters. The van der Waals surface area contributed by atoms with Crippen LogP contribution in [0.2, 0.25) is 0 Å². The van der Waals surface area contributed by atoms with Crippen molar-refractivity contribution in [2.75, 3.05) is 12.1 Å². The Morgan fingerprint density at radius 3 is 2.68 bits per heavy atom. The number of benzene rings is 2. The summed E-state index contributed by atoms with van der Waals surface area (Å²) in [6, 6.07) is 17.0. The van der Waals surface area contributed by atoms with Gasteiger partial charge in [0.2, 0.25) is 6.79 Å². The van der Waals surface area contributed by atoms with Crippen LogP contribution in [0.25, 0.3) is 0 Å². The maximum absolute atomic E-state index is 13.6. The van der Waals surface area contributed by atoms with Crippen molar-refractivity contribution in [1.82, 2.24) is 9.78 Å². The zero-order chi connectivity index (χ0) is 19.3. The number of nitrogens with one attached hydrogen (secondary N) is 1. The Kier molecular flexibility index (Phi) is 4.07. The standard InChI is InChI=1S/C21H19N3O3S/c1-13-10-19-22-14(2)21(28(25)16-6-4-3-5-7-16)20(24(19)23-13)15-8-9-17-18(11-15)27-12-26-17/h3-11,20,22H,12H2,1-2H3. The average Bonchev–Trinajstić information content (AvgIpc) is 3.31. The van der Waals surface area contributed by atoms with E-state index < -0.39 is 11.2 Å². The fraction of sp³-hybridized carbons (Fsp3) is 0.190. The van der Waals surface area contributed by atoms with Gasteiger partial charge in [-0.3, -0.25) is 0 Å². The van der Waals surface area contributed by atoms with Gasteiger partial charge in [-0.05, 0) is 43.7 Å². The zero-order valence-corrected chi connectivity index (χ0v) is 16.3. The van der Waals surface area contributed by atoms with Gasteiger partial charge in [0.25, 0.3) is 0 Å². The summed E-state index contributed by atoms with van der Waals surface area (Å²) in [6.45, 7) is 4.13. The third-order valence-corrected chi connectivity index (χ3v) is 6.53. The zero-order valence-electron chi connectivity index (χ0n) is 15.5. The topological polar surface area (TPSA) is 71.4 Å². The summed E-state index contributed by atoms with van der Waals surface area (Å²) in [7, 11) is 0. The molecular weight excluding hydrogens is 374 g/mol. The molecule has 1 aromatic heterocycles. The van der Waals surface area contributed by atoms with Crippen molar-refractivity contribution >= 4 is 17.0 Å². The van der Waals surface area contributed by atoms with E-state index in [1.54, 1.807) is 0 Å². The lowest BCUT2D eigenvalue weighted by Crippen LogP contribution is -2.28. The average molecular weight is 393 g/mol. The summed E-state index contributed by atoms with van der Waals surface area (Å²) in [5, 5.41) is 8.04. The van der Waals surface area contributed by atoms with Crippen molar-refractivity contribution in [3.8, 4) is 11.5 Å². The summed E-state index contributed by atoms with van der Waals surface area (Å²) in [4.78, 5) is 1.54. The molecule has 5 rings (SSSR count). The first-order valence-corrected chi connectivity index (χ1v) is 10.2. The molecule has 0 saturated carbocycles. The van der Waals surface area contributed by atoms with Crippen molar-refractivity contribution in [1.29, 1.82) is 0 Å². The highest BCUT2D eigenvalue weighted by atomic mass is 32.2. The van der Waals surface area contributed by atoms with Crippen LogP contribution in [0.4, 0.5) is 5.82 Å². The van der Waals surface area contributed by atoms with Crippen LogP contribution in [-0.4, -0.2) is 21.1 Å². The van der Waals surface area contributed by atoms with E-state index in [1.165, 1.54) is 0 Å². The number of allylic oxidation sites excluding steroid dienone is 2. The lowest BCUT2D eigenvalue weighted by Gasteiger charge is -2.30. The molecule has 0 radical (unpaired) electrons. The second-order valence-electron chi connectivity index (χ2n) is 6.83. The number of aromatic nitrogens is 2. The first kappa shape index (κ1) is 17.2. The molecule has 2 aliphatic heterocycles. The van der Waals surface area contributed by atoms with Crippen molar-refractivity contribution in [3.63, 3.8) is 0 Å². The molecule has 28 heavy (non-hydrogen) atoms. The Bertz CT molecular complexity index is 1080. The van der Waals surface area contributed by atoms with Crippen LogP contribution in [0, 0.1) is 6.92 Å². The van der Waals surface area contributed by atoms with Gasteiger partial charge in [-0.15, -0.1) is 0 Å². The Morgan fingerprint density at radius 1 is 1.07 bits per heavy atom. The predicted molar refractivity (Wildman–Crippen MR) is 107 cm³/mol. The van der Waals surface area contributed by atoms with Gasteiger partial charge in [0.15, 0.2) is 27.3 Å². The number of ether oxygens (including phenoxy) is 2. The molecule has 0 fully saturated rings. The first-order valence-electron chi connectivity index (χ1n) is 9.02. The predicted octanol–water partition coefficient (Wildman–Crippen LogP) is 3.97. The summed E-state index contributed by atoms with van der Waals surface area (Å²) in [6.07, 6.45) is 0. The highest BCUT2D eigenvalue weighted by Crippen LogP contribution is 2.43. The molecule has 7 heteroatoms. The number of nitrogens with zero attached hydrogens (tertiary/aromatic N) is 2. The molecule has 0 saturated heterocycles. The van der Waals surface area contributed by atoms with E-state index in [0.717, 1.165) is 38.3 Å². The second kappa shape index (κ2) is 6.61. The van der Waals surface area contributed by atoms with Gasteiger partial charge >= 0.3 is 0 Å². The van der Waals surface area contributed by atoms with Crippen molar-refractivity contribution in [2.24, 2.45) is 0 Å². The van der Waals surface area contributed by atoms with E-state index >= 15 is 0 Å². The quantitative estimate of drug-likeness (QED) is 0.682. The van der Waals surface area contributed by atoms with Gasteiger partial charge in [0.1, 0.15) is 5.82 Å². The molecule has 142 valence electrons. The van der Waals surface area contributed by atoms with Crippen molar-refractivity contribution in [3.05, 3.63) is 76.5 Å². The maximum Gasteiger partial charge on any atom is 0.231 e. The molecule has 0 bridgehead atoms. The Morgan fingerprint density at radius 2 is 1.86 bits per heavy atom. The third kappa shape index (κ3) is 2.75. The Balaban J connectivity index is 1.67. The molecule has 0 amide bonds. The van der Waals surface area contributed by atoms with E-state index in [0.29, 0.717) is 5.75 Å². The number of fused-ring (bicyclic) bond motifs is 2. The van der Waals surface area contributed by atoms with Gasteiger partial charge in [-0.25, -0.2) is 4.68 Å². The van der Waals surface area contributed by atoms with Crippen LogP contribution >= 0.6 is 0 Å². The lowest BCUT2D eigenvalue weighted by atomic mass is 10.0. The monoisotopic (exact) mass is 393 g/mol. The smallest absolute Gasteiger partial charge is 0.231 e. The van der Waals surface area contributed by atoms with Gasteiger partial charge in [0, 0.05) is 17.2 Å².